The molecule has 1 aliphatic carbocycles. The molecule has 0 saturated heterocycles. The SMILES string of the molecule is COc1ccc(C2CC(O)C=C2C)cc1. The molecule has 1 N–H and O–H groups in total. The van der Waals surface area contributed by atoms with Crippen molar-refractivity contribution in [2.45, 2.75) is 25.4 Å². The highest BCUT2D eigenvalue weighted by molar-refractivity contribution is 5.36. The third-order valence-corrected chi connectivity index (χ3v) is 3.00. The third kappa shape index (κ3) is 2.05. The van der Waals surface area contributed by atoms with Gasteiger partial charge in [0, 0.05) is 5.92 Å². The Bertz CT molecular complexity index is 365. The lowest BCUT2D eigenvalue weighted by Gasteiger charge is -2.13. The van der Waals surface area contributed by atoms with Gasteiger partial charge in [-0.05, 0) is 31.0 Å². The molecule has 0 saturated carbocycles. The van der Waals surface area contributed by atoms with Crippen LogP contribution in [0.4, 0.5) is 0 Å². The molecule has 0 heterocycles. The average molecular weight is 204 g/mol. The predicted molar refractivity (Wildman–Crippen MR) is 60.1 cm³/mol. The van der Waals surface area contributed by atoms with Crippen molar-refractivity contribution in [1.82, 2.24) is 0 Å². The van der Waals surface area contributed by atoms with E-state index in [0.29, 0.717) is 5.92 Å². The first-order valence-corrected chi connectivity index (χ1v) is 5.21. The number of rotatable bonds is 2. The summed E-state index contributed by atoms with van der Waals surface area (Å²) in [7, 11) is 1.67. The first-order valence-electron chi connectivity index (χ1n) is 5.21. The highest BCUT2D eigenvalue weighted by Crippen LogP contribution is 2.35. The highest BCUT2D eigenvalue weighted by Gasteiger charge is 2.23. The summed E-state index contributed by atoms with van der Waals surface area (Å²) in [6, 6.07) is 8.07. The molecule has 0 radical (unpaired) electrons. The van der Waals surface area contributed by atoms with Crippen LogP contribution in [0, 0.1) is 0 Å². The van der Waals surface area contributed by atoms with E-state index in [1.807, 2.05) is 18.2 Å². The monoisotopic (exact) mass is 204 g/mol. The summed E-state index contributed by atoms with van der Waals surface area (Å²) in [5.74, 6) is 1.24. The van der Waals surface area contributed by atoms with E-state index in [2.05, 4.69) is 19.1 Å². The van der Waals surface area contributed by atoms with Crippen molar-refractivity contribution < 1.29 is 9.84 Å². The van der Waals surface area contributed by atoms with Crippen LogP contribution in [0.3, 0.4) is 0 Å². The topological polar surface area (TPSA) is 29.5 Å². The number of aliphatic hydroxyl groups excluding tert-OH is 1. The fourth-order valence-electron chi connectivity index (χ4n) is 2.15. The Balaban J connectivity index is 2.20. The minimum atomic E-state index is -0.280. The van der Waals surface area contributed by atoms with Gasteiger partial charge in [-0.2, -0.15) is 0 Å². The van der Waals surface area contributed by atoms with Gasteiger partial charge in [0.15, 0.2) is 0 Å². The van der Waals surface area contributed by atoms with Gasteiger partial charge in [-0.1, -0.05) is 23.8 Å². The van der Waals surface area contributed by atoms with Gasteiger partial charge in [0.2, 0.25) is 0 Å². The molecule has 15 heavy (non-hydrogen) atoms. The third-order valence-electron chi connectivity index (χ3n) is 3.00. The molecule has 1 aliphatic rings. The fourth-order valence-corrected chi connectivity index (χ4v) is 2.15. The molecular weight excluding hydrogens is 188 g/mol. The molecule has 0 spiro atoms. The van der Waals surface area contributed by atoms with E-state index in [0.717, 1.165) is 12.2 Å². The van der Waals surface area contributed by atoms with Crippen molar-refractivity contribution >= 4 is 0 Å². The van der Waals surface area contributed by atoms with E-state index in [1.54, 1.807) is 7.11 Å². The molecule has 2 unspecified atom stereocenters. The summed E-state index contributed by atoms with van der Waals surface area (Å²) in [6.07, 6.45) is 2.46. The lowest BCUT2D eigenvalue weighted by atomic mass is 9.93. The Kier molecular flexibility index (Phi) is 2.78. The maximum Gasteiger partial charge on any atom is 0.118 e. The number of methoxy groups -OCH3 is 1. The number of hydrogen-bond donors (Lipinski definition) is 1. The number of ether oxygens (including phenoxy) is 1. The molecule has 0 aliphatic heterocycles. The quantitative estimate of drug-likeness (QED) is 0.750. The number of allylic oxidation sites excluding steroid dienone is 1. The van der Waals surface area contributed by atoms with E-state index < -0.39 is 0 Å². The minimum Gasteiger partial charge on any atom is -0.497 e. The molecule has 80 valence electrons. The van der Waals surface area contributed by atoms with Crippen molar-refractivity contribution in [3.05, 3.63) is 41.5 Å². The van der Waals surface area contributed by atoms with Crippen LogP contribution in [0.25, 0.3) is 0 Å². The van der Waals surface area contributed by atoms with Crippen LogP contribution in [0.15, 0.2) is 35.9 Å². The Morgan fingerprint density at radius 2 is 1.93 bits per heavy atom. The van der Waals surface area contributed by atoms with Crippen LogP contribution < -0.4 is 4.74 Å². The summed E-state index contributed by atoms with van der Waals surface area (Å²) in [5, 5.41) is 9.53. The highest BCUT2D eigenvalue weighted by atomic mass is 16.5. The molecule has 0 bridgehead atoms. The standard InChI is InChI=1S/C13H16O2/c1-9-7-11(14)8-13(9)10-3-5-12(15-2)6-4-10/h3-7,11,13-14H,8H2,1-2H3. The smallest absolute Gasteiger partial charge is 0.118 e. The fraction of sp³-hybridized carbons (Fsp3) is 0.385. The Morgan fingerprint density at radius 1 is 1.27 bits per heavy atom. The van der Waals surface area contributed by atoms with Gasteiger partial charge >= 0.3 is 0 Å². The van der Waals surface area contributed by atoms with Crippen LogP contribution in [0.5, 0.6) is 5.75 Å². The summed E-state index contributed by atoms with van der Waals surface area (Å²) >= 11 is 0. The zero-order valence-electron chi connectivity index (χ0n) is 9.10. The van der Waals surface area contributed by atoms with Crippen molar-refractivity contribution in [2.75, 3.05) is 7.11 Å². The molecule has 0 amide bonds. The number of benzene rings is 1. The lowest BCUT2D eigenvalue weighted by Crippen LogP contribution is -2.01. The second kappa shape index (κ2) is 4.07. The molecule has 2 rings (SSSR count). The van der Waals surface area contributed by atoms with Crippen molar-refractivity contribution in [3.63, 3.8) is 0 Å². The molecule has 1 aromatic carbocycles. The maximum absolute atomic E-state index is 9.53. The summed E-state index contributed by atoms with van der Waals surface area (Å²) in [4.78, 5) is 0. The molecule has 1 aromatic rings. The van der Waals surface area contributed by atoms with Crippen LogP contribution >= 0.6 is 0 Å². The molecule has 0 fully saturated rings. The van der Waals surface area contributed by atoms with Gasteiger partial charge in [0.25, 0.3) is 0 Å². The maximum atomic E-state index is 9.53. The number of hydrogen-bond acceptors (Lipinski definition) is 2. The second-order valence-corrected chi connectivity index (χ2v) is 4.04. The zero-order valence-corrected chi connectivity index (χ0v) is 9.10. The first kappa shape index (κ1) is 10.2. The minimum absolute atomic E-state index is 0.280. The first-order chi connectivity index (χ1) is 7.20. The largest absolute Gasteiger partial charge is 0.497 e. The average Bonchev–Trinajstić information content (AvgIpc) is 2.58. The summed E-state index contributed by atoms with van der Waals surface area (Å²) in [5.41, 5.74) is 2.51. The Hall–Kier alpha value is -1.28. The Morgan fingerprint density at radius 3 is 2.40 bits per heavy atom. The Labute approximate surface area is 90.2 Å². The van der Waals surface area contributed by atoms with Crippen LogP contribution in [0.2, 0.25) is 0 Å². The van der Waals surface area contributed by atoms with Gasteiger partial charge in [0.1, 0.15) is 5.75 Å². The van der Waals surface area contributed by atoms with E-state index in [9.17, 15) is 5.11 Å². The van der Waals surface area contributed by atoms with Crippen molar-refractivity contribution in [3.8, 4) is 5.75 Å². The number of aliphatic hydroxyl groups is 1. The zero-order chi connectivity index (χ0) is 10.8. The van der Waals surface area contributed by atoms with Gasteiger partial charge in [-0.3, -0.25) is 0 Å². The van der Waals surface area contributed by atoms with Gasteiger partial charge in [0.05, 0.1) is 13.2 Å². The molecular formula is C13H16O2. The lowest BCUT2D eigenvalue weighted by molar-refractivity contribution is 0.218. The van der Waals surface area contributed by atoms with E-state index >= 15 is 0 Å². The molecule has 2 heteroatoms. The van der Waals surface area contributed by atoms with Crippen LogP contribution in [-0.4, -0.2) is 18.3 Å². The van der Waals surface area contributed by atoms with Gasteiger partial charge < -0.3 is 9.84 Å². The van der Waals surface area contributed by atoms with Crippen molar-refractivity contribution in [2.24, 2.45) is 0 Å². The summed E-state index contributed by atoms with van der Waals surface area (Å²) < 4.78 is 5.12. The molecule has 2 atom stereocenters. The normalized spacial score (nSPS) is 25.1. The summed E-state index contributed by atoms with van der Waals surface area (Å²) in [6.45, 7) is 2.07. The van der Waals surface area contributed by atoms with Crippen LogP contribution in [0.1, 0.15) is 24.8 Å². The van der Waals surface area contributed by atoms with Crippen molar-refractivity contribution in [1.29, 1.82) is 0 Å². The van der Waals surface area contributed by atoms with E-state index in [4.69, 9.17) is 4.74 Å². The predicted octanol–water partition coefficient (Wildman–Crippen LogP) is 2.49. The molecule has 0 aromatic heterocycles. The van der Waals surface area contributed by atoms with Crippen LogP contribution in [-0.2, 0) is 0 Å². The van der Waals surface area contributed by atoms with Gasteiger partial charge in [-0.15, -0.1) is 0 Å². The van der Waals surface area contributed by atoms with Gasteiger partial charge in [-0.25, -0.2) is 0 Å². The molecule has 2 nitrogen and oxygen atoms in total. The second-order valence-electron chi connectivity index (χ2n) is 4.04. The van der Waals surface area contributed by atoms with E-state index in [-0.39, 0.29) is 6.10 Å². The van der Waals surface area contributed by atoms with E-state index in [1.165, 1.54) is 11.1 Å².